The van der Waals surface area contributed by atoms with Gasteiger partial charge in [-0.1, -0.05) is 20.8 Å². The van der Waals surface area contributed by atoms with Crippen LogP contribution >= 0.6 is 11.3 Å². The van der Waals surface area contributed by atoms with Gasteiger partial charge in [0.15, 0.2) is 0 Å². The fourth-order valence-corrected chi connectivity index (χ4v) is 4.80. The SMILES string of the molecule is CCCNCCc1ccc(S(=O)(=O)N(CC)CC)s1. The van der Waals surface area contributed by atoms with Crippen LogP contribution in [-0.2, 0) is 16.4 Å². The minimum Gasteiger partial charge on any atom is -0.316 e. The molecule has 19 heavy (non-hydrogen) atoms. The molecular formula is C13H24N2O2S2. The Morgan fingerprint density at radius 1 is 1.16 bits per heavy atom. The van der Waals surface area contributed by atoms with Crippen LogP contribution in [0.4, 0.5) is 0 Å². The topological polar surface area (TPSA) is 49.4 Å². The third-order valence-corrected chi connectivity index (χ3v) is 6.57. The average molecular weight is 304 g/mol. The Kier molecular flexibility index (Phi) is 6.99. The first-order valence-corrected chi connectivity index (χ1v) is 9.11. The molecule has 0 bridgehead atoms. The van der Waals surface area contributed by atoms with Gasteiger partial charge in [0.05, 0.1) is 0 Å². The van der Waals surface area contributed by atoms with Crippen LogP contribution < -0.4 is 5.32 Å². The number of thiophene rings is 1. The van der Waals surface area contributed by atoms with Crippen molar-refractivity contribution in [3.63, 3.8) is 0 Å². The number of rotatable bonds is 9. The molecule has 110 valence electrons. The third kappa shape index (κ3) is 4.56. The fraction of sp³-hybridized carbons (Fsp3) is 0.692. The van der Waals surface area contributed by atoms with Gasteiger partial charge in [-0.25, -0.2) is 8.42 Å². The van der Waals surface area contributed by atoms with Crippen molar-refractivity contribution in [1.29, 1.82) is 0 Å². The van der Waals surface area contributed by atoms with Crippen LogP contribution in [0.3, 0.4) is 0 Å². The average Bonchev–Trinajstić information content (AvgIpc) is 2.85. The van der Waals surface area contributed by atoms with Crippen LogP contribution in [0.15, 0.2) is 16.3 Å². The van der Waals surface area contributed by atoms with Gasteiger partial charge in [0.25, 0.3) is 10.0 Å². The lowest BCUT2D eigenvalue weighted by Crippen LogP contribution is -2.29. The summed E-state index contributed by atoms with van der Waals surface area (Å²) in [5, 5.41) is 3.32. The molecule has 0 aliphatic heterocycles. The summed E-state index contributed by atoms with van der Waals surface area (Å²) >= 11 is 1.39. The molecule has 0 aromatic carbocycles. The molecule has 1 N–H and O–H groups in total. The molecule has 0 fully saturated rings. The zero-order valence-electron chi connectivity index (χ0n) is 12.0. The summed E-state index contributed by atoms with van der Waals surface area (Å²) in [4.78, 5) is 1.12. The molecule has 0 unspecified atom stereocenters. The Hall–Kier alpha value is -0.430. The van der Waals surface area contributed by atoms with Crippen molar-refractivity contribution in [3.05, 3.63) is 17.0 Å². The highest BCUT2D eigenvalue weighted by Crippen LogP contribution is 2.25. The fourth-order valence-electron chi connectivity index (χ4n) is 1.84. The summed E-state index contributed by atoms with van der Waals surface area (Å²) in [6.45, 7) is 8.81. The zero-order chi connectivity index (χ0) is 14.3. The summed E-state index contributed by atoms with van der Waals surface area (Å²) in [6.07, 6.45) is 2.00. The van der Waals surface area contributed by atoms with E-state index in [0.717, 1.165) is 30.8 Å². The first-order chi connectivity index (χ1) is 9.06. The Labute approximate surface area is 120 Å². The lowest BCUT2D eigenvalue weighted by atomic mass is 10.3. The second kappa shape index (κ2) is 7.99. The van der Waals surface area contributed by atoms with Crippen LogP contribution in [0.1, 0.15) is 32.1 Å². The predicted molar refractivity (Wildman–Crippen MR) is 81.3 cm³/mol. The molecule has 1 aromatic heterocycles. The molecule has 4 nitrogen and oxygen atoms in total. The van der Waals surface area contributed by atoms with Gasteiger partial charge in [-0.2, -0.15) is 4.31 Å². The second-order valence-corrected chi connectivity index (χ2v) is 7.64. The number of hydrogen-bond donors (Lipinski definition) is 1. The lowest BCUT2D eigenvalue weighted by molar-refractivity contribution is 0.447. The molecule has 1 rings (SSSR count). The maximum absolute atomic E-state index is 12.3. The molecule has 0 spiro atoms. The van der Waals surface area contributed by atoms with Crippen LogP contribution in [0.5, 0.6) is 0 Å². The Balaban J connectivity index is 2.68. The summed E-state index contributed by atoms with van der Waals surface area (Å²) < 4.78 is 26.6. The minimum atomic E-state index is -3.28. The van der Waals surface area contributed by atoms with Crippen LogP contribution in [-0.4, -0.2) is 38.9 Å². The van der Waals surface area contributed by atoms with Gasteiger partial charge < -0.3 is 5.32 Å². The van der Waals surface area contributed by atoms with Crippen molar-refractivity contribution in [2.75, 3.05) is 26.2 Å². The van der Waals surface area contributed by atoms with E-state index in [4.69, 9.17) is 0 Å². The number of nitrogens with one attached hydrogen (secondary N) is 1. The third-order valence-electron chi connectivity index (χ3n) is 2.91. The molecule has 0 amide bonds. The standard InChI is InChI=1S/C13H24N2O2S2/c1-4-10-14-11-9-12-7-8-13(18-12)19(16,17)15(5-2)6-3/h7-8,14H,4-6,9-11H2,1-3H3. The van der Waals surface area contributed by atoms with Gasteiger partial charge in [0.2, 0.25) is 0 Å². The van der Waals surface area contributed by atoms with Crippen molar-refractivity contribution < 1.29 is 8.42 Å². The monoisotopic (exact) mass is 304 g/mol. The maximum Gasteiger partial charge on any atom is 0.252 e. The highest BCUT2D eigenvalue weighted by Gasteiger charge is 2.23. The van der Waals surface area contributed by atoms with E-state index in [-0.39, 0.29) is 0 Å². The largest absolute Gasteiger partial charge is 0.316 e. The molecule has 0 aliphatic carbocycles. The molecule has 0 saturated carbocycles. The molecule has 1 aromatic rings. The summed E-state index contributed by atoms with van der Waals surface area (Å²) in [6, 6.07) is 3.65. The molecule has 0 atom stereocenters. The van der Waals surface area contributed by atoms with Crippen molar-refractivity contribution in [1.82, 2.24) is 9.62 Å². The van der Waals surface area contributed by atoms with Crippen molar-refractivity contribution in [3.8, 4) is 0 Å². The summed E-state index contributed by atoms with van der Waals surface area (Å²) in [5.74, 6) is 0. The van der Waals surface area contributed by atoms with E-state index in [9.17, 15) is 8.42 Å². The molecule has 0 aliphatic rings. The lowest BCUT2D eigenvalue weighted by Gasteiger charge is -2.16. The van der Waals surface area contributed by atoms with Crippen LogP contribution in [0, 0.1) is 0 Å². The van der Waals surface area contributed by atoms with Gasteiger partial charge >= 0.3 is 0 Å². The van der Waals surface area contributed by atoms with Crippen molar-refractivity contribution >= 4 is 21.4 Å². The minimum absolute atomic E-state index is 0.460. The van der Waals surface area contributed by atoms with E-state index in [1.807, 2.05) is 19.9 Å². The number of hydrogen-bond acceptors (Lipinski definition) is 4. The Morgan fingerprint density at radius 2 is 1.84 bits per heavy atom. The molecular weight excluding hydrogens is 280 g/mol. The smallest absolute Gasteiger partial charge is 0.252 e. The van der Waals surface area contributed by atoms with E-state index in [2.05, 4.69) is 12.2 Å². The quantitative estimate of drug-likeness (QED) is 0.712. The van der Waals surface area contributed by atoms with E-state index >= 15 is 0 Å². The summed E-state index contributed by atoms with van der Waals surface area (Å²) in [7, 11) is -3.28. The Bertz CT molecular complexity index is 465. The number of nitrogens with zero attached hydrogens (tertiary/aromatic N) is 1. The van der Waals surface area contributed by atoms with E-state index in [1.165, 1.54) is 15.6 Å². The zero-order valence-corrected chi connectivity index (χ0v) is 13.6. The molecule has 6 heteroatoms. The molecule has 0 saturated heterocycles. The van der Waals surface area contributed by atoms with E-state index in [0.29, 0.717) is 17.3 Å². The molecule has 1 heterocycles. The van der Waals surface area contributed by atoms with Gasteiger partial charge in [0, 0.05) is 18.0 Å². The van der Waals surface area contributed by atoms with Crippen molar-refractivity contribution in [2.45, 2.75) is 37.8 Å². The Morgan fingerprint density at radius 3 is 2.42 bits per heavy atom. The summed E-state index contributed by atoms with van der Waals surface area (Å²) in [5.41, 5.74) is 0. The van der Waals surface area contributed by atoms with Crippen molar-refractivity contribution in [2.24, 2.45) is 0 Å². The highest BCUT2D eigenvalue weighted by molar-refractivity contribution is 7.91. The van der Waals surface area contributed by atoms with Gasteiger partial charge in [0.1, 0.15) is 4.21 Å². The second-order valence-electron chi connectivity index (χ2n) is 4.31. The highest BCUT2D eigenvalue weighted by atomic mass is 32.2. The van der Waals surface area contributed by atoms with E-state index < -0.39 is 10.0 Å². The number of sulfonamides is 1. The van der Waals surface area contributed by atoms with Gasteiger partial charge in [-0.15, -0.1) is 11.3 Å². The van der Waals surface area contributed by atoms with Gasteiger partial charge in [-0.3, -0.25) is 0 Å². The van der Waals surface area contributed by atoms with E-state index in [1.54, 1.807) is 6.07 Å². The van der Waals surface area contributed by atoms with Crippen LogP contribution in [0.2, 0.25) is 0 Å². The maximum atomic E-state index is 12.3. The van der Waals surface area contributed by atoms with Gasteiger partial charge in [-0.05, 0) is 38.1 Å². The normalized spacial score (nSPS) is 12.2. The first-order valence-electron chi connectivity index (χ1n) is 6.85. The predicted octanol–water partition coefficient (Wildman–Crippen LogP) is 2.32. The first kappa shape index (κ1) is 16.6. The van der Waals surface area contributed by atoms with Crippen LogP contribution in [0.25, 0.3) is 0 Å². The molecule has 0 radical (unpaired) electrons.